The van der Waals surface area contributed by atoms with Gasteiger partial charge in [-0.2, -0.15) is 0 Å². The number of oxime groups is 1. The standard InChI is InChI=1S/C51H60ClN3O9/c1-3-28-61-51-46(55(50(59)60-29-25-52)34-38-20-14-19-36-17-8-9-21-40(36)38)32-44(54-62-4-2)42-30-37(18-10-12-26-56)41(22-11-13-27-57)47(48(42)51)43-31-39(23-24-45(43)64-51)63-49(58)53-33-35-15-6-5-7-16-35/h3,5-9,14-17,19-21,23-24,30-31,37,41,46-48,56-57H,1,4,10-13,18,22,25-29,32-34H2,2H3,(H,53,58)/t37-,41+,46-,47+,48+,51+/m0/s1. The maximum Gasteiger partial charge on any atom is 0.412 e. The number of hydrogen-bond acceptors (Lipinski definition) is 10. The van der Waals surface area contributed by atoms with Gasteiger partial charge in [-0.25, -0.2) is 9.59 Å². The third kappa shape index (κ3) is 10.4. The number of unbranched alkanes of at least 4 members (excludes halogenated alkanes) is 2. The van der Waals surface area contributed by atoms with E-state index in [0.29, 0.717) is 43.2 Å². The highest BCUT2D eigenvalue weighted by Crippen LogP contribution is 2.62. The van der Waals surface area contributed by atoms with Gasteiger partial charge in [-0.1, -0.05) is 103 Å². The van der Waals surface area contributed by atoms with Gasteiger partial charge in [0.05, 0.1) is 30.7 Å². The third-order valence-corrected chi connectivity index (χ3v) is 12.7. The summed E-state index contributed by atoms with van der Waals surface area (Å²) in [4.78, 5) is 35.6. The van der Waals surface area contributed by atoms with Gasteiger partial charge in [0.25, 0.3) is 0 Å². The Morgan fingerprint density at radius 2 is 1.75 bits per heavy atom. The largest absolute Gasteiger partial charge is 0.459 e. The Balaban J connectivity index is 1.41. The monoisotopic (exact) mass is 893 g/mol. The van der Waals surface area contributed by atoms with Gasteiger partial charge in [0, 0.05) is 37.7 Å². The number of alkyl halides is 1. The summed E-state index contributed by atoms with van der Waals surface area (Å²) in [5, 5.41) is 29.6. The Kier molecular flexibility index (Phi) is 16.4. The van der Waals surface area contributed by atoms with Crippen LogP contribution in [0, 0.1) is 17.8 Å². The number of amides is 2. The summed E-state index contributed by atoms with van der Waals surface area (Å²) >= 11 is 6.14. The van der Waals surface area contributed by atoms with Crippen LogP contribution in [0.15, 0.2) is 120 Å². The van der Waals surface area contributed by atoms with Crippen molar-refractivity contribution < 1.29 is 43.6 Å². The Morgan fingerprint density at radius 1 is 0.984 bits per heavy atom. The van der Waals surface area contributed by atoms with E-state index in [1.807, 2.05) is 91.9 Å². The van der Waals surface area contributed by atoms with Gasteiger partial charge in [-0.05, 0) is 90.1 Å². The molecule has 1 saturated carbocycles. The number of rotatable bonds is 21. The van der Waals surface area contributed by atoms with Crippen molar-refractivity contribution in [2.24, 2.45) is 22.9 Å². The van der Waals surface area contributed by atoms with Gasteiger partial charge in [0.1, 0.15) is 30.8 Å². The highest BCUT2D eigenvalue weighted by molar-refractivity contribution is 6.18. The van der Waals surface area contributed by atoms with Gasteiger partial charge in [0.15, 0.2) is 0 Å². The Hall–Kier alpha value is -5.40. The molecule has 0 bridgehead atoms. The summed E-state index contributed by atoms with van der Waals surface area (Å²) in [5.74, 6) is -1.44. The molecule has 13 heteroatoms. The Morgan fingerprint density at radius 3 is 2.52 bits per heavy atom. The molecular weight excluding hydrogens is 834 g/mol. The summed E-state index contributed by atoms with van der Waals surface area (Å²) < 4.78 is 26.3. The fraction of sp³-hybridized carbons (Fsp3) is 0.431. The van der Waals surface area contributed by atoms with Crippen molar-refractivity contribution in [1.82, 2.24) is 10.2 Å². The molecule has 7 rings (SSSR count). The van der Waals surface area contributed by atoms with Crippen LogP contribution in [0.1, 0.15) is 74.5 Å². The topological polar surface area (TPSA) is 148 Å². The van der Waals surface area contributed by atoms with Crippen LogP contribution in [0.4, 0.5) is 9.59 Å². The number of ether oxygens (including phenoxy) is 4. The molecule has 12 nitrogen and oxygen atoms in total. The van der Waals surface area contributed by atoms with Gasteiger partial charge < -0.3 is 39.3 Å². The lowest BCUT2D eigenvalue weighted by Gasteiger charge is -2.59. The van der Waals surface area contributed by atoms with E-state index < -0.39 is 29.9 Å². The molecule has 4 aromatic carbocycles. The van der Waals surface area contributed by atoms with E-state index in [9.17, 15) is 19.8 Å². The first-order chi connectivity index (χ1) is 31.3. The number of benzene rings is 4. The Labute approximate surface area is 380 Å². The average Bonchev–Trinajstić information content (AvgIpc) is 3.32. The van der Waals surface area contributed by atoms with Crippen molar-refractivity contribution in [3.8, 4) is 11.5 Å². The SMILES string of the molecule is C=CCO[C@@]12Oc3ccc(OC(=O)NCc4ccccc4)cc3[C@H]3[C@H](CCCCO)[C@@H](CCCCO)C=C(C(=NOCC)C[C@@H]1N(Cc1cccc4ccccc14)C(=O)OCCCl)[C@H]32. The minimum absolute atomic E-state index is 0.00932. The number of allylic oxidation sites excluding steroid dienone is 1. The molecule has 0 saturated heterocycles. The predicted octanol–water partition coefficient (Wildman–Crippen LogP) is 9.66. The van der Waals surface area contributed by atoms with Crippen LogP contribution >= 0.6 is 11.6 Å². The zero-order valence-electron chi connectivity index (χ0n) is 36.5. The van der Waals surface area contributed by atoms with Crippen LogP contribution < -0.4 is 14.8 Å². The molecule has 0 spiro atoms. The van der Waals surface area contributed by atoms with E-state index in [1.165, 1.54) is 0 Å². The van der Waals surface area contributed by atoms with Gasteiger partial charge in [-0.3, -0.25) is 4.90 Å². The summed E-state index contributed by atoms with van der Waals surface area (Å²) in [5.41, 5.74) is 4.21. The van der Waals surface area contributed by atoms with Crippen LogP contribution in [0.25, 0.3) is 10.8 Å². The second-order valence-electron chi connectivity index (χ2n) is 16.5. The average molecular weight is 895 g/mol. The maximum atomic E-state index is 14.7. The second-order valence-corrected chi connectivity index (χ2v) is 16.9. The van der Waals surface area contributed by atoms with E-state index in [0.717, 1.165) is 58.7 Å². The van der Waals surface area contributed by atoms with Gasteiger partial charge in [-0.15, -0.1) is 18.2 Å². The number of hydrogen-bond donors (Lipinski definition) is 3. The highest BCUT2D eigenvalue weighted by Gasteiger charge is 2.65. The number of aliphatic hydroxyl groups is 2. The fourth-order valence-corrected chi connectivity index (χ4v) is 9.97. The molecule has 3 N–H and O–H groups in total. The van der Waals surface area contributed by atoms with Gasteiger partial charge >= 0.3 is 12.2 Å². The quantitative estimate of drug-likeness (QED) is 0.0322. The van der Waals surface area contributed by atoms with E-state index >= 15 is 0 Å². The van der Waals surface area contributed by atoms with E-state index in [2.05, 4.69) is 18.0 Å². The summed E-state index contributed by atoms with van der Waals surface area (Å²) in [6.45, 7) is 6.90. The molecule has 0 unspecified atom stereocenters. The number of nitrogens with zero attached hydrogens (tertiary/aromatic N) is 2. The molecule has 0 radical (unpaired) electrons. The molecule has 6 atom stereocenters. The Bertz CT molecular complexity index is 2270. The molecule has 2 aliphatic carbocycles. The minimum atomic E-state index is -1.52. The molecule has 1 aliphatic heterocycles. The lowest BCUT2D eigenvalue weighted by Crippen LogP contribution is -2.70. The van der Waals surface area contributed by atoms with Crippen LogP contribution in [-0.2, 0) is 27.4 Å². The van der Waals surface area contributed by atoms with Crippen molar-refractivity contribution in [1.29, 1.82) is 0 Å². The zero-order chi connectivity index (χ0) is 44.9. The third-order valence-electron chi connectivity index (χ3n) is 12.6. The minimum Gasteiger partial charge on any atom is -0.459 e. The normalized spacial score (nSPS) is 22.7. The van der Waals surface area contributed by atoms with Crippen molar-refractivity contribution in [2.45, 2.75) is 82.7 Å². The van der Waals surface area contributed by atoms with Crippen molar-refractivity contribution >= 4 is 40.3 Å². The van der Waals surface area contributed by atoms with E-state index in [4.69, 9.17) is 40.5 Å². The van der Waals surface area contributed by atoms with Crippen LogP contribution in [0.2, 0.25) is 0 Å². The smallest absolute Gasteiger partial charge is 0.412 e. The number of fused-ring (bicyclic) bond motifs is 3. The van der Waals surface area contributed by atoms with E-state index in [-0.39, 0.29) is 63.0 Å². The lowest BCUT2D eigenvalue weighted by atomic mass is 9.55. The van der Waals surface area contributed by atoms with Crippen molar-refractivity contribution in [3.05, 3.63) is 132 Å². The van der Waals surface area contributed by atoms with Gasteiger partial charge in [0.2, 0.25) is 5.79 Å². The van der Waals surface area contributed by atoms with Crippen LogP contribution in [-0.4, -0.2) is 83.8 Å². The number of aliphatic hydroxyl groups excluding tert-OH is 2. The van der Waals surface area contributed by atoms with E-state index in [1.54, 1.807) is 17.0 Å². The second kappa shape index (κ2) is 22.5. The predicted molar refractivity (Wildman–Crippen MR) is 247 cm³/mol. The summed E-state index contributed by atoms with van der Waals surface area (Å²) in [7, 11) is 0. The summed E-state index contributed by atoms with van der Waals surface area (Å²) in [6.07, 6.45) is 7.31. The van der Waals surface area contributed by atoms with Crippen molar-refractivity contribution in [3.63, 3.8) is 0 Å². The molecule has 1 heterocycles. The highest BCUT2D eigenvalue weighted by atomic mass is 35.5. The van der Waals surface area contributed by atoms with Crippen molar-refractivity contribution in [2.75, 3.05) is 38.9 Å². The first-order valence-electron chi connectivity index (χ1n) is 22.5. The molecule has 0 aromatic heterocycles. The van der Waals surface area contributed by atoms with Crippen LogP contribution in [0.3, 0.4) is 0 Å². The zero-order valence-corrected chi connectivity index (χ0v) is 37.3. The molecule has 64 heavy (non-hydrogen) atoms. The number of carbonyl (C=O) groups is 2. The number of nitrogens with one attached hydrogen (secondary N) is 1. The first-order valence-corrected chi connectivity index (χ1v) is 23.0. The first kappa shape index (κ1) is 46.6. The molecule has 3 aliphatic rings. The van der Waals surface area contributed by atoms with Crippen LogP contribution in [0.5, 0.6) is 11.5 Å². The molecular formula is C51H60ClN3O9. The molecule has 1 fully saturated rings. The molecule has 4 aromatic rings. The fourth-order valence-electron chi connectivity index (χ4n) is 9.89. The summed E-state index contributed by atoms with van der Waals surface area (Å²) in [6, 6.07) is 28.3. The maximum absolute atomic E-state index is 14.7. The molecule has 340 valence electrons. The number of carbonyl (C=O) groups excluding carboxylic acids is 2. The molecule has 2 amide bonds. The lowest BCUT2D eigenvalue weighted by molar-refractivity contribution is -0.256. The number of halogens is 1.